The lowest BCUT2D eigenvalue weighted by Crippen LogP contribution is -1.74. The molecule has 0 atom stereocenters. The van der Waals surface area contributed by atoms with Crippen LogP contribution in [0.2, 0.25) is 0 Å². The van der Waals surface area contributed by atoms with Crippen LogP contribution in [0.3, 0.4) is 0 Å². The van der Waals surface area contributed by atoms with Gasteiger partial charge in [0.15, 0.2) is 0 Å². The van der Waals surface area contributed by atoms with Gasteiger partial charge in [0.25, 0.3) is 0 Å². The van der Waals surface area contributed by atoms with Crippen LogP contribution in [0.15, 0.2) is 31.5 Å². The molecule has 0 bridgehead atoms. The highest BCUT2D eigenvalue weighted by atomic mass is 32.2. The van der Waals surface area contributed by atoms with Crippen LogP contribution in [0.5, 0.6) is 0 Å². The highest BCUT2D eigenvalue weighted by Gasteiger charge is 2.04. The Labute approximate surface area is 89.9 Å². The summed E-state index contributed by atoms with van der Waals surface area (Å²) in [5, 5.41) is 19.0. The SMILES string of the molecule is N#CC(C#N)=C(S)Sc1cccs1. The van der Waals surface area contributed by atoms with Gasteiger partial charge in [-0.25, -0.2) is 0 Å². The zero-order valence-electron chi connectivity index (χ0n) is 6.39. The van der Waals surface area contributed by atoms with Crippen molar-refractivity contribution in [3.05, 3.63) is 27.3 Å². The van der Waals surface area contributed by atoms with E-state index in [0.29, 0.717) is 4.24 Å². The van der Waals surface area contributed by atoms with E-state index in [0.717, 1.165) is 4.21 Å². The van der Waals surface area contributed by atoms with E-state index in [-0.39, 0.29) is 5.57 Å². The van der Waals surface area contributed by atoms with Gasteiger partial charge < -0.3 is 0 Å². The van der Waals surface area contributed by atoms with Crippen molar-refractivity contribution in [2.75, 3.05) is 0 Å². The molecule has 0 spiro atoms. The predicted molar refractivity (Wildman–Crippen MR) is 57.4 cm³/mol. The lowest BCUT2D eigenvalue weighted by atomic mass is 10.4. The third kappa shape index (κ3) is 2.82. The number of rotatable bonds is 2. The standard InChI is InChI=1S/C8H4N2S3/c9-4-6(5-10)8(11)13-7-2-1-3-12-7/h1-3,11H. The third-order valence-corrected chi connectivity index (χ3v) is 3.56. The summed E-state index contributed by atoms with van der Waals surface area (Å²) in [7, 11) is 0. The molecule has 0 fully saturated rings. The van der Waals surface area contributed by atoms with Crippen LogP contribution in [0.1, 0.15) is 0 Å². The van der Waals surface area contributed by atoms with Gasteiger partial charge in [-0.15, -0.1) is 24.0 Å². The Kier molecular flexibility index (Phi) is 3.91. The first kappa shape index (κ1) is 10.2. The van der Waals surface area contributed by atoms with E-state index in [1.807, 2.05) is 17.5 Å². The van der Waals surface area contributed by atoms with Crippen LogP contribution in [0.4, 0.5) is 0 Å². The molecular formula is C8H4N2S3. The molecule has 0 radical (unpaired) electrons. The van der Waals surface area contributed by atoms with Crippen molar-refractivity contribution in [1.29, 1.82) is 10.5 Å². The molecule has 0 aliphatic heterocycles. The van der Waals surface area contributed by atoms with E-state index in [2.05, 4.69) is 12.6 Å². The normalized spacial score (nSPS) is 8.54. The minimum absolute atomic E-state index is 0.0572. The number of thioether (sulfide) groups is 1. The summed E-state index contributed by atoms with van der Waals surface area (Å²) in [6, 6.07) is 7.40. The van der Waals surface area contributed by atoms with Crippen molar-refractivity contribution in [2.45, 2.75) is 4.21 Å². The number of thiophene rings is 1. The molecule has 64 valence electrons. The first-order valence-electron chi connectivity index (χ1n) is 3.22. The number of nitrogens with zero attached hydrogens (tertiary/aromatic N) is 2. The molecule has 0 aromatic carbocycles. The second-order valence-electron chi connectivity index (χ2n) is 1.94. The number of hydrogen-bond acceptors (Lipinski definition) is 5. The smallest absolute Gasteiger partial charge is 0.149 e. The maximum atomic E-state index is 8.54. The second kappa shape index (κ2) is 4.98. The summed E-state index contributed by atoms with van der Waals surface area (Å²) in [6.07, 6.45) is 0. The summed E-state index contributed by atoms with van der Waals surface area (Å²) in [4.78, 5) is 0. The van der Waals surface area contributed by atoms with Crippen LogP contribution in [0.25, 0.3) is 0 Å². The first-order valence-corrected chi connectivity index (χ1v) is 5.37. The van der Waals surface area contributed by atoms with Crippen molar-refractivity contribution in [3.63, 3.8) is 0 Å². The summed E-state index contributed by atoms with van der Waals surface area (Å²) in [5.74, 6) is 0. The number of allylic oxidation sites excluding steroid dienone is 1. The Morgan fingerprint density at radius 1 is 1.46 bits per heavy atom. The zero-order chi connectivity index (χ0) is 9.68. The quantitative estimate of drug-likeness (QED) is 0.477. The van der Waals surface area contributed by atoms with Crippen molar-refractivity contribution in [2.24, 2.45) is 0 Å². The number of hydrogen-bond donors (Lipinski definition) is 1. The van der Waals surface area contributed by atoms with Gasteiger partial charge in [-0.1, -0.05) is 17.8 Å². The summed E-state index contributed by atoms with van der Waals surface area (Å²) in [5.41, 5.74) is 0.0572. The first-order chi connectivity index (χ1) is 6.27. The predicted octanol–water partition coefficient (Wildman–Crippen LogP) is 3.03. The largest absolute Gasteiger partial charge is 0.192 e. The number of nitriles is 2. The Morgan fingerprint density at radius 2 is 2.15 bits per heavy atom. The molecule has 0 saturated carbocycles. The molecule has 0 N–H and O–H groups in total. The molecule has 0 aliphatic rings. The van der Waals surface area contributed by atoms with E-state index < -0.39 is 0 Å². The van der Waals surface area contributed by atoms with E-state index in [1.54, 1.807) is 23.5 Å². The average molecular weight is 224 g/mol. The van der Waals surface area contributed by atoms with E-state index in [9.17, 15) is 0 Å². The lowest BCUT2D eigenvalue weighted by molar-refractivity contribution is 1.47. The molecule has 13 heavy (non-hydrogen) atoms. The molecule has 2 nitrogen and oxygen atoms in total. The summed E-state index contributed by atoms with van der Waals surface area (Å²) >= 11 is 6.95. The molecule has 1 rings (SSSR count). The maximum absolute atomic E-state index is 8.54. The lowest BCUT2D eigenvalue weighted by Gasteiger charge is -1.94. The van der Waals surface area contributed by atoms with Gasteiger partial charge in [-0.3, -0.25) is 0 Å². The summed E-state index contributed by atoms with van der Waals surface area (Å²) in [6.45, 7) is 0. The Balaban J connectivity index is 2.83. The molecule has 1 aromatic heterocycles. The maximum Gasteiger partial charge on any atom is 0.149 e. The fraction of sp³-hybridized carbons (Fsp3) is 0. The average Bonchev–Trinajstić information content (AvgIpc) is 2.59. The van der Waals surface area contributed by atoms with Gasteiger partial charge >= 0.3 is 0 Å². The molecule has 0 amide bonds. The molecule has 0 saturated heterocycles. The molecule has 5 heteroatoms. The fourth-order valence-electron chi connectivity index (χ4n) is 0.589. The van der Waals surface area contributed by atoms with Crippen LogP contribution in [0, 0.1) is 22.7 Å². The number of thiol groups is 1. The highest BCUT2D eigenvalue weighted by molar-refractivity contribution is 8.16. The topological polar surface area (TPSA) is 47.6 Å². The molecular weight excluding hydrogens is 220 g/mol. The zero-order valence-corrected chi connectivity index (χ0v) is 8.92. The van der Waals surface area contributed by atoms with Gasteiger partial charge in [-0.2, -0.15) is 10.5 Å². The van der Waals surface area contributed by atoms with Crippen molar-refractivity contribution in [1.82, 2.24) is 0 Å². The van der Waals surface area contributed by atoms with E-state index in [1.165, 1.54) is 11.8 Å². The molecule has 1 aromatic rings. The van der Waals surface area contributed by atoms with Gasteiger partial charge in [0.1, 0.15) is 17.7 Å². The monoisotopic (exact) mass is 224 g/mol. The van der Waals surface area contributed by atoms with E-state index >= 15 is 0 Å². The third-order valence-electron chi connectivity index (χ3n) is 1.13. The van der Waals surface area contributed by atoms with Gasteiger partial charge in [0, 0.05) is 0 Å². The van der Waals surface area contributed by atoms with E-state index in [4.69, 9.17) is 10.5 Å². The Bertz CT molecular complexity index is 376. The summed E-state index contributed by atoms with van der Waals surface area (Å²) < 4.78 is 1.47. The van der Waals surface area contributed by atoms with Crippen LogP contribution in [-0.2, 0) is 0 Å². The minimum Gasteiger partial charge on any atom is -0.192 e. The van der Waals surface area contributed by atoms with Crippen LogP contribution in [-0.4, -0.2) is 0 Å². The molecule has 0 aliphatic carbocycles. The van der Waals surface area contributed by atoms with Gasteiger partial charge in [0.05, 0.1) is 8.45 Å². The molecule has 1 heterocycles. The second-order valence-corrected chi connectivity index (χ2v) is 4.95. The Morgan fingerprint density at radius 3 is 2.62 bits per heavy atom. The van der Waals surface area contributed by atoms with Crippen LogP contribution >= 0.6 is 35.7 Å². The van der Waals surface area contributed by atoms with Crippen molar-refractivity contribution in [3.8, 4) is 12.1 Å². The van der Waals surface area contributed by atoms with Gasteiger partial charge in [-0.05, 0) is 11.4 Å². The highest BCUT2D eigenvalue weighted by Crippen LogP contribution is 2.34. The fourth-order valence-corrected chi connectivity index (χ4v) is 2.76. The van der Waals surface area contributed by atoms with Crippen molar-refractivity contribution < 1.29 is 0 Å². The minimum atomic E-state index is 0.0572. The Hall–Kier alpha value is -0.880. The van der Waals surface area contributed by atoms with Crippen molar-refractivity contribution >= 4 is 35.7 Å². The molecule has 0 unspecified atom stereocenters. The van der Waals surface area contributed by atoms with Crippen LogP contribution < -0.4 is 0 Å². The van der Waals surface area contributed by atoms with Gasteiger partial charge in [0.2, 0.25) is 0 Å².